The summed E-state index contributed by atoms with van der Waals surface area (Å²) in [6.45, 7) is 5.81. The van der Waals surface area contributed by atoms with E-state index in [2.05, 4.69) is 29.7 Å². The van der Waals surface area contributed by atoms with Crippen molar-refractivity contribution in [1.82, 2.24) is 29.7 Å². The lowest BCUT2D eigenvalue weighted by Crippen LogP contribution is -2.49. The number of rotatable bonds is 6. The third-order valence-corrected chi connectivity index (χ3v) is 9.66. The molecule has 2 saturated carbocycles. The van der Waals surface area contributed by atoms with Crippen LogP contribution in [0.2, 0.25) is 0 Å². The number of halogens is 2. The maximum Gasteiger partial charge on any atom is 0.226 e. The van der Waals surface area contributed by atoms with Gasteiger partial charge in [-0.15, -0.1) is 0 Å². The second-order valence-electron chi connectivity index (χ2n) is 12.7. The highest BCUT2D eigenvalue weighted by molar-refractivity contribution is 5.84. The molecule has 8 rings (SSSR count). The van der Waals surface area contributed by atoms with E-state index in [-0.39, 0.29) is 47.1 Å². The number of nitrogens with zero attached hydrogens (tertiary/aromatic N) is 8. The Morgan fingerprint density at radius 2 is 0.854 bits per heavy atom. The molecular weight excluding hydrogens is 614 g/mol. The summed E-state index contributed by atoms with van der Waals surface area (Å²) in [6.07, 6.45) is 8.67. The molecule has 2 amide bonds. The molecule has 10 nitrogen and oxygen atoms in total. The summed E-state index contributed by atoms with van der Waals surface area (Å²) in [5.74, 6) is 2.01. The van der Waals surface area contributed by atoms with Crippen LogP contribution in [0.5, 0.6) is 0 Å². The van der Waals surface area contributed by atoms with E-state index in [1.54, 1.807) is 61.2 Å². The third-order valence-electron chi connectivity index (χ3n) is 9.66. The summed E-state index contributed by atoms with van der Waals surface area (Å²) in [4.78, 5) is 50.4. The number of carbonyl (C=O) groups excluding carboxylic acids is 2. The van der Waals surface area contributed by atoms with Crippen molar-refractivity contribution >= 4 is 23.7 Å². The number of hydrogen-bond donors (Lipinski definition) is 0. The minimum absolute atomic E-state index is 0.0509. The zero-order valence-corrected chi connectivity index (χ0v) is 26.6. The molecule has 0 spiro atoms. The van der Waals surface area contributed by atoms with E-state index in [0.717, 1.165) is 62.0 Å². The van der Waals surface area contributed by atoms with Crippen LogP contribution in [0.3, 0.4) is 0 Å². The van der Waals surface area contributed by atoms with Crippen LogP contribution in [0.4, 0.5) is 20.7 Å². The zero-order valence-electron chi connectivity index (χ0n) is 26.6. The van der Waals surface area contributed by atoms with E-state index in [4.69, 9.17) is 0 Å². The van der Waals surface area contributed by atoms with E-state index >= 15 is 0 Å². The number of anilines is 2. The number of aromatic nitrogens is 4. The highest BCUT2D eigenvalue weighted by Gasteiger charge is 2.47. The first kappa shape index (κ1) is 31.6. The fourth-order valence-electron chi connectivity index (χ4n) is 6.72. The van der Waals surface area contributed by atoms with Crippen molar-refractivity contribution in [2.75, 3.05) is 62.2 Å². The number of benzene rings is 2. The molecular formula is C36H38F2N8O2. The van der Waals surface area contributed by atoms with Crippen molar-refractivity contribution in [3.8, 4) is 0 Å². The predicted octanol–water partition coefficient (Wildman–Crippen LogP) is 4.14. The van der Waals surface area contributed by atoms with Gasteiger partial charge in [-0.2, -0.15) is 0 Å². The van der Waals surface area contributed by atoms with Crippen molar-refractivity contribution < 1.29 is 18.4 Å². The molecule has 4 aromatic rings. The van der Waals surface area contributed by atoms with Gasteiger partial charge in [-0.25, -0.2) is 28.7 Å². The Bertz CT molecular complexity index is 1550. The largest absolute Gasteiger partial charge is 0.339 e. The molecule has 0 unspecified atom stereocenters. The first-order chi connectivity index (χ1) is 23.4. The Morgan fingerprint density at radius 3 is 1.19 bits per heavy atom. The van der Waals surface area contributed by atoms with Crippen LogP contribution >= 0.6 is 0 Å². The smallest absolute Gasteiger partial charge is 0.226 e. The van der Waals surface area contributed by atoms with E-state index in [1.807, 2.05) is 9.80 Å². The lowest BCUT2D eigenvalue weighted by Gasteiger charge is -2.34. The van der Waals surface area contributed by atoms with Gasteiger partial charge in [0.15, 0.2) is 0 Å². The Labute approximate surface area is 278 Å². The molecule has 248 valence electrons. The average molecular weight is 653 g/mol. The highest BCUT2D eigenvalue weighted by atomic mass is 19.1. The molecule has 4 atom stereocenters. The molecule has 2 aliphatic heterocycles. The van der Waals surface area contributed by atoms with Crippen LogP contribution in [0.15, 0.2) is 85.5 Å². The molecule has 2 aromatic carbocycles. The van der Waals surface area contributed by atoms with Crippen LogP contribution in [-0.4, -0.2) is 93.9 Å². The summed E-state index contributed by atoms with van der Waals surface area (Å²) >= 11 is 0. The van der Waals surface area contributed by atoms with Gasteiger partial charge >= 0.3 is 0 Å². The van der Waals surface area contributed by atoms with Crippen LogP contribution in [0.25, 0.3) is 0 Å². The van der Waals surface area contributed by atoms with E-state index in [1.165, 1.54) is 24.3 Å². The second-order valence-corrected chi connectivity index (χ2v) is 12.7. The summed E-state index contributed by atoms with van der Waals surface area (Å²) in [5, 5.41) is 0. The zero-order chi connectivity index (χ0) is 33.0. The van der Waals surface area contributed by atoms with Crippen molar-refractivity contribution in [1.29, 1.82) is 0 Å². The first-order valence-electron chi connectivity index (χ1n) is 16.6. The number of piperazine rings is 2. The molecule has 4 aliphatic rings. The topological polar surface area (TPSA) is 98.7 Å². The Kier molecular flexibility index (Phi) is 9.22. The average Bonchev–Trinajstić information content (AvgIpc) is 4.09. The van der Waals surface area contributed by atoms with Gasteiger partial charge in [-0.05, 0) is 72.2 Å². The normalized spacial score (nSPS) is 23.2. The maximum atomic E-state index is 13.0. The standard InChI is InChI=1S/2C18H19FN4O/c2*19-14-4-2-13(3-5-14)15-12-16(15)17(24)22-8-10-23(11-9-22)18-20-6-1-7-21-18/h2*1-7,15-16H,8-12H2/t2*15-,16-/m10/s1. The molecule has 2 aliphatic carbocycles. The molecule has 12 heteroatoms. The molecule has 0 radical (unpaired) electrons. The molecule has 48 heavy (non-hydrogen) atoms. The Balaban J connectivity index is 0.000000152. The van der Waals surface area contributed by atoms with Gasteiger partial charge in [-0.1, -0.05) is 24.3 Å². The summed E-state index contributed by atoms with van der Waals surface area (Å²) < 4.78 is 26.0. The van der Waals surface area contributed by atoms with Gasteiger partial charge in [0.2, 0.25) is 23.7 Å². The molecule has 4 fully saturated rings. The van der Waals surface area contributed by atoms with Gasteiger partial charge in [0, 0.05) is 89.0 Å². The van der Waals surface area contributed by atoms with Gasteiger partial charge in [-0.3, -0.25) is 9.59 Å². The van der Waals surface area contributed by atoms with Gasteiger partial charge in [0.25, 0.3) is 0 Å². The van der Waals surface area contributed by atoms with Crippen molar-refractivity contribution in [2.45, 2.75) is 24.7 Å². The molecule has 2 saturated heterocycles. The third kappa shape index (κ3) is 7.27. The number of hydrogen-bond acceptors (Lipinski definition) is 8. The second kappa shape index (κ2) is 14.0. The van der Waals surface area contributed by atoms with E-state index < -0.39 is 0 Å². The number of carbonyl (C=O) groups is 2. The maximum absolute atomic E-state index is 13.0. The van der Waals surface area contributed by atoms with Crippen molar-refractivity contribution in [3.05, 3.63) is 108 Å². The molecule has 0 N–H and O–H groups in total. The Hall–Kier alpha value is -5.00. The lowest BCUT2D eigenvalue weighted by atomic mass is 10.1. The van der Waals surface area contributed by atoms with Crippen LogP contribution in [0, 0.1) is 23.5 Å². The monoisotopic (exact) mass is 652 g/mol. The van der Waals surface area contributed by atoms with E-state index in [0.29, 0.717) is 26.2 Å². The summed E-state index contributed by atoms with van der Waals surface area (Å²) in [6, 6.07) is 16.6. The SMILES string of the molecule is O=C([C@@H]1C[C@@H]1c1ccc(F)cc1)N1CCN(c2ncccn2)CC1.O=C([C@H]1C[C@H]1c1ccc(F)cc1)N1CCN(c2ncccn2)CC1. The van der Waals surface area contributed by atoms with Crippen LogP contribution in [0.1, 0.15) is 35.8 Å². The van der Waals surface area contributed by atoms with Gasteiger partial charge in [0.05, 0.1) is 0 Å². The minimum Gasteiger partial charge on any atom is -0.339 e. The fraction of sp³-hybridized carbons (Fsp3) is 0.389. The molecule has 4 heterocycles. The van der Waals surface area contributed by atoms with E-state index in [9.17, 15) is 18.4 Å². The molecule has 0 bridgehead atoms. The summed E-state index contributed by atoms with van der Waals surface area (Å²) in [5.41, 5.74) is 2.12. The van der Waals surface area contributed by atoms with Gasteiger partial charge < -0.3 is 19.6 Å². The van der Waals surface area contributed by atoms with Crippen LogP contribution in [-0.2, 0) is 9.59 Å². The lowest BCUT2D eigenvalue weighted by molar-refractivity contribution is -0.133. The predicted molar refractivity (Wildman–Crippen MR) is 176 cm³/mol. The summed E-state index contributed by atoms with van der Waals surface area (Å²) in [7, 11) is 0. The minimum atomic E-state index is -0.235. The quantitative estimate of drug-likeness (QED) is 0.307. The highest BCUT2D eigenvalue weighted by Crippen LogP contribution is 2.49. The van der Waals surface area contributed by atoms with Gasteiger partial charge in [0.1, 0.15) is 11.6 Å². The Morgan fingerprint density at radius 1 is 0.521 bits per heavy atom. The number of amides is 2. The fourth-order valence-corrected chi connectivity index (χ4v) is 6.72. The van der Waals surface area contributed by atoms with Crippen molar-refractivity contribution in [2.24, 2.45) is 11.8 Å². The van der Waals surface area contributed by atoms with Crippen molar-refractivity contribution in [3.63, 3.8) is 0 Å². The molecule has 2 aromatic heterocycles. The first-order valence-corrected chi connectivity index (χ1v) is 16.6. The van der Waals surface area contributed by atoms with Crippen LogP contribution < -0.4 is 9.80 Å².